The molecule has 0 radical (unpaired) electrons. The van der Waals surface area contributed by atoms with Crippen LogP contribution in [0.3, 0.4) is 0 Å². The summed E-state index contributed by atoms with van der Waals surface area (Å²) in [6.07, 6.45) is 4.66. The zero-order chi connectivity index (χ0) is 16.9. The van der Waals surface area contributed by atoms with Gasteiger partial charge in [0.05, 0.1) is 0 Å². The minimum atomic E-state index is 0.779. The van der Waals surface area contributed by atoms with Crippen molar-refractivity contribution in [3.8, 4) is 0 Å². The molecule has 0 aliphatic carbocycles. The molecule has 132 valence electrons. The lowest BCUT2D eigenvalue weighted by Crippen LogP contribution is -2.22. The van der Waals surface area contributed by atoms with E-state index in [0.29, 0.717) is 0 Å². The van der Waals surface area contributed by atoms with Crippen molar-refractivity contribution in [2.24, 2.45) is 5.73 Å². The van der Waals surface area contributed by atoms with Crippen LogP contribution < -0.4 is 21.7 Å². The van der Waals surface area contributed by atoms with Crippen molar-refractivity contribution in [1.82, 2.24) is 10.6 Å². The second-order valence-corrected chi connectivity index (χ2v) is 6.16. The van der Waals surface area contributed by atoms with E-state index >= 15 is 0 Å². The van der Waals surface area contributed by atoms with Gasteiger partial charge in [-0.2, -0.15) is 0 Å². The number of nitrogens with two attached hydrogens (primary N) is 1. The summed E-state index contributed by atoms with van der Waals surface area (Å²) in [6.45, 7) is 6.10. The number of benzene rings is 2. The third-order valence-electron chi connectivity index (χ3n) is 4.15. The third kappa shape index (κ3) is 6.87. The predicted molar refractivity (Wildman–Crippen MR) is 106 cm³/mol. The zero-order valence-corrected chi connectivity index (χ0v) is 14.7. The van der Waals surface area contributed by atoms with E-state index in [0.717, 1.165) is 52.1 Å². The molecule has 2 rings (SSSR count). The molecular formula is C20H32N4. The summed E-state index contributed by atoms with van der Waals surface area (Å²) in [6, 6.07) is 15.0. The monoisotopic (exact) mass is 328 g/mol. The Bertz CT molecular complexity index is 565. The van der Waals surface area contributed by atoms with Gasteiger partial charge in [-0.3, -0.25) is 0 Å². The molecule has 0 aliphatic heterocycles. The average molecular weight is 329 g/mol. The first kappa shape index (κ1) is 18.7. The van der Waals surface area contributed by atoms with Crippen LogP contribution in [0.1, 0.15) is 25.7 Å². The Morgan fingerprint density at radius 1 is 0.667 bits per heavy atom. The van der Waals surface area contributed by atoms with E-state index in [2.05, 4.69) is 58.4 Å². The van der Waals surface area contributed by atoms with Crippen LogP contribution in [-0.4, -0.2) is 39.3 Å². The molecule has 4 nitrogen and oxygen atoms in total. The number of hydrogen-bond donors (Lipinski definition) is 4. The minimum absolute atomic E-state index is 0.779. The van der Waals surface area contributed by atoms with Crippen LogP contribution in [-0.2, 0) is 0 Å². The molecule has 0 aromatic heterocycles. The normalized spacial score (nSPS) is 11.0. The number of hydrogen-bond acceptors (Lipinski definition) is 4. The maximum absolute atomic E-state index is 5.46. The highest BCUT2D eigenvalue weighted by Crippen LogP contribution is 2.22. The maximum Gasteiger partial charge on any atom is 0.0419 e. The van der Waals surface area contributed by atoms with E-state index in [1.165, 1.54) is 29.3 Å². The summed E-state index contributed by atoms with van der Waals surface area (Å²) in [5.74, 6) is 0. The van der Waals surface area contributed by atoms with Crippen LogP contribution in [0.25, 0.3) is 10.8 Å². The summed E-state index contributed by atoms with van der Waals surface area (Å²) >= 11 is 0. The van der Waals surface area contributed by atoms with Crippen molar-refractivity contribution in [1.29, 1.82) is 0 Å². The van der Waals surface area contributed by atoms with Gasteiger partial charge in [0.1, 0.15) is 0 Å². The van der Waals surface area contributed by atoms with Crippen molar-refractivity contribution in [2.75, 3.05) is 44.6 Å². The molecule has 0 spiro atoms. The minimum Gasteiger partial charge on any atom is -0.384 e. The first-order valence-corrected chi connectivity index (χ1v) is 9.25. The molecule has 0 atom stereocenters. The van der Waals surface area contributed by atoms with Gasteiger partial charge >= 0.3 is 0 Å². The fourth-order valence-corrected chi connectivity index (χ4v) is 2.79. The Morgan fingerprint density at radius 3 is 2.12 bits per heavy atom. The molecule has 0 bridgehead atoms. The zero-order valence-electron chi connectivity index (χ0n) is 14.7. The van der Waals surface area contributed by atoms with Gasteiger partial charge in [-0.25, -0.2) is 0 Å². The van der Waals surface area contributed by atoms with E-state index in [-0.39, 0.29) is 0 Å². The highest BCUT2D eigenvalue weighted by Gasteiger charge is 1.98. The maximum atomic E-state index is 5.46. The van der Waals surface area contributed by atoms with E-state index in [1.807, 2.05) is 0 Å². The fourth-order valence-electron chi connectivity index (χ4n) is 2.79. The Balaban J connectivity index is 1.49. The van der Waals surface area contributed by atoms with Crippen LogP contribution in [0.2, 0.25) is 0 Å². The van der Waals surface area contributed by atoms with Crippen molar-refractivity contribution in [3.63, 3.8) is 0 Å². The number of anilines is 1. The molecule has 2 aromatic carbocycles. The molecule has 0 unspecified atom stereocenters. The van der Waals surface area contributed by atoms with Gasteiger partial charge in [0.15, 0.2) is 0 Å². The van der Waals surface area contributed by atoms with Crippen LogP contribution in [0.15, 0.2) is 42.5 Å². The largest absolute Gasteiger partial charge is 0.384 e. The van der Waals surface area contributed by atoms with Crippen LogP contribution >= 0.6 is 0 Å². The second kappa shape index (κ2) is 11.8. The molecule has 2 aromatic rings. The van der Waals surface area contributed by atoms with Gasteiger partial charge in [0, 0.05) is 17.6 Å². The molecule has 0 aliphatic rings. The Labute approximate surface area is 146 Å². The van der Waals surface area contributed by atoms with Gasteiger partial charge < -0.3 is 21.7 Å². The lowest BCUT2D eigenvalue weighted by atomic mass is 10.1. The van der Waals surface area contributed by atoms with Crippen molar-refractivity contribution < 1.29 is 0 Å². The smallest absolute Gasteiger partial charge is 0.0419 e. The number of nitrogens with one attached hydrogen (secondary N) is 3. The topological polar surface area (TPSA) is 62.1 Å². The summed E-state index contributed by atoms with van der Waals surface area (Å²) in [4.78, 5) is 0. The third-order valence-corrected chi connectivity index (χ3v) is 4.15. The fraction of sp³-hybridized carbons (Fsp3) is 0.500. The van der Waals surface area contributed by atoms with E-state index < -0.39 is 0 Å². The molecule has 0 fully saturated rings. The Kier molecular flexibility index (Phi) is 9.24. The molecular weight excluding hydrogens is 296 g/mol. The van der Waals surface area contributed by atoms with E-state index in [4.69, 9.17) is 5.73 Å². The number of fused-ring (bicyclic) bond motifs is 1. The van der Waals surface area contributed by atoms with Gasteiger partial charge in [-0.05, 0) is 69.9 Å². The molecule has 0 saturated carbocycles. The predicted octanol–water partition coefficient (Wildman–Crippen LogP) is 2.95. The summed E-state index contributed by atoms with van der Waals surface area (Å²) in [5, 5.41) is 13.1. The number of unbranched alkanes of at least 4 members (excludes halogenated alkanes) is 1. The van der Waals surface area contributed by atoms with Gasteiger partial charge in [-0.1, -0.05) is 36.4 Å². The van der Waals surface area contributed by atoms with Crippen molar-refractivity contribution >= 4 is 16.5 Å². The van der Waals surface area contributed by atoms with Gasteiger partial charge in [-0.15, -0.1) is 0 Å². The molecule has 5 N–H and O–H groups in total. The van der Waals surface area contributed by atoms with Crippen LogP contribution in [0.4, 0.5) is 5.69 Å². The average Bonchev–Trinajstić information content (AvgIpc) is 2.63. The highest BCUT2D eigenvalue weighted by atomic mass is 14.9. The quantitative estimate of drug-likeness (QED) is 0.427. The molecule has 4 heteroatoms. The van der Waals surface area contributed by atoms with Crippen molar-refractivity contribution in [3.05, 3.63) is 42.5 Å². The molecule has 0 amide bonds. The van der Waals surface area contributed by atoms with E-state index in [9.17, 15) is 0 Å². The van der Waals surface area contributed by atoms with Gasteiger partial charge in [0.2, 0.25) is 0 Å². The number of rotatable bonds is 13. The summed E-state index contributed by atoms with van der Waals surface area (Å²) in [7, 11) is 0. The van der Waals surface area contributed by atoms with Crippen LogP contribution in [0.5, 0.6) is 0 Å². The second-order valence-electron chi connectivity index (χ2n) is 6.16. The first-order valence-electron chi connectivity index (χ1n) is 9.25. The SMILES string of the molecule is NCCCNCCCCNCCCNc1cccc2ccccc12. The lowest BCUT2D eigenvalue weighted by Gasteiger charge is -2.10. The highest BCUT2D eigenvalue weighted by molar-refractivity contribution is 5.93. The Morgan fingerprint density at radius 2 is 1.33 bits per heavy atom. The standard InChI is InChI=1S/C20H32N4/c21-12-6-15-22-13-3-4-14-23-16-7-17-24-20-11-5-9-18-8-1-2-10-19(18)20/h1-2,5,8-11,22-24H,3-4,6-7,12-17,21H2. The molecule has 24 heavy (non-hydrogen) atoms. The lowest BCUT2D eigenvalue weighted by molar-refractivity contribution is 0.572. The Hall–Kier alpha value is -1.62. The summed E-state index contributed by atoms with van der Waals surface area (Å²) in [5.41, 5.74) is 6.69. The van der Waals surface area contributed by atoms with Crippen LogP contribution in [0, 0.1) is 0 Å². The first-order chi connectivity index (χ1) is 11.9. The van der Waals surface area contributed by atoms with Crippen molar-refractivity contribution in [2.45, 2.75) is 25.7 Å². The van der Waals surface area contributed by atoms with E-state index in [1.54, 1.807) is 0 Å². The summed E-state index contributed by atoms with van der Waals surface area (Å²) < 4.78 is 0. The molecule has 0 saturated heterocycles. The van der Waals surface area contributed by atoms with Gasteiger partial charge in [0.25, 0.3) is 0 Å². The molecule has 0 heterocycles.